The molecule has 20 heavy (non-hydrogen) atoms. The van der Waals surface area contributed by atoms with Crippen molar-refractivity contribution >= 4 is 11.9 Å². The topological polar surface area (TPSA) is 69.6 Å². The lowest BCUT2D eigenvalue weighted by atomic mass is 10.0. The zero-order valence-electron chi connectivity index (χ0n) is 13.5. The first-order valence-electron chi connectivity index (χ1n) is 7.51. The van der Waals surface area contributed by atoms with Crippen molar-refractivity contribution < 1.29 is 14.7 Å². The lowest BCUT2D eigenvalue weighted by Crippen LogP contribution is -2.46. The Morgan fingerprint density at radius 1 is 1.10 bits per heavy atom. The predicted molar refractivity (Wildman–Crippen MR) is 80.6 cm³/mol. The van der Waals surface area contributed by atoms with Crippen molar-refractivity contribution in [2.24, 2.45) is 5.92 Å². The number of amides is 1. The van der Waals surface area contributed by atoms with Crippen LogP contribution in [-0.4, -0.2) is 47.1 Å². The molecule has 118 valence electrons. The Morgan fingerprint density at radius 3 is 2.15 bits per heavy atom. The van der Waals surface area contributed by atoms with Gasteiger partial charge in [0.05, 0.1) is 13.1 Å². The Hall–Kier alpha value is -1.10. The van der Waals surface area contributed by atoms with Gasteiger partial charge in [0.1, 0.15) is 0 Å². The highest BCUT2D eigenvalue weighted by Crippen LogP contribution is 2.07. The number of carboxylic acid groups (broad SMARTS) is 1. The number of carbonyl (C=O) groups excluding carboxylic acids is 1. The first-order chi connectivity index (χ1) is 9.26. The number of aliphatic carboxylic acids is 1. The van der Waals surface area contributed by atoms with Gasteiger partial charge in [-0.25, -0.2) is 0 Å². The number of hydrogen-bond acceptors (Lipinski definition) is 3. The molecule has 1 amide bonds. The van der Waals surface area contributed by atoms with Crippen molar-refractivity contribution in [1.29, 1.82) is 0 Å². The summed E-state index contributed by atoms with van der Waals surface area (Å²) < 4.78 is 0. The molecule has 0 aromatic heterocycles. The third-order valence-corrected chi connectivity index (χ3v) is 3.48. The van der Waals surface area contributed by atoms with E-state index in [-0.39, 0.29) is 31.1 Å². The molecule has 5 nitrogen and oxygen atoms in total. The molecule has 0 radical (unpaired) electrons. The summed E-state index contributed by atoms with van der Waals surface area (Å²) in [6, 6.07) is 0.219. The maximum atomic E-state index is 12.0. The molecule has 0 aliphatic rings. The SMILES string of the molecule is CCC(C)N(CC(=O)O)CC(=O)NC(C)CCC(C)C. The van der Waals surface area contributed by atoms with Crippen molar-refractivity contribution in [3.05, 3.63) is 0 Å². The second-order valence-corrected chi connectivity index (χ2v) is 6.00. The van der Waals surface area contributed by atoms with E-state index in [2.05, 4.69) is 19.2 Å². The van der Waals surface area contributed by atoms with Gasteiger partial charge in [-0.05, 0) is 39.0 Å². The second-order valence-electron chi connectivity index (χ2n) is 6.00. The summed E-state index contributed by atoms with van der Waals surface area (Å²) in [4.78, 5) is 24.5. The maximum absolute atomic E-state index is 12.0. The van der Waals surface area contributed by atoms with E-state index >= 15 is 0 Å². The van der Waals surface area contributed by atoms with Crippen molar-refractivity contribution in [3.8, 4) is 0 Å². The summed E-state index contributed by atoms with van der Waals surface area (Å²) in [5, 5.41) is 11.8. The Kier molecular flexibility index (Phi) is 9.21. The van der Waals surface area contributed by atoms with Crippen molar-refractivity contribution in [2.45, 2.75) is 66.0 Å². The fourth-order valence-electron chi connectivity index (χ4n) is 1.96. The molecule has 0 aliphatic heterocycles. The van der Waals surface area contributed by atoms with E-state index < -0.39 is 5.97 Å². The first kappa shape index (κ1) is 18.9. The highest BCUT2D eigenvalue weighted by Gasteiger charge is 2.19. The van der Waals surface area contributed by atoms with E-state index in [9.17, 15) is 9.59 Å². The average Bonchev–Trinajstić information content (AvgIpc) is 2.33. The zero-order chi connectivity index (χ0) is 15.7. The van der Waals surface area contributed by atoms with Gasteiger partial charge in [-0.2, -0.15) is 0 Å². The van der Waals surface area contributed by atoms with Crippen LogP contribution in [0.2, 0.25) is 0 Å². The van der Waals surface area contributed by atoms with Gasteiger partial charge in [0.15, 0.2) is 0 Å². The molecule has 2 atom stereocenters. The van der Waals surface area contributed by atoms with Gasteiger partial charge in [-0.1, -0.05) is 20.8 Å². The molecule has 0 saturated carbocycles. The van der Waals surface area contributed by atoms with Crippen LogP contribution >= 0.6 is 0 Å². The maximum Gasteiger partial charge on any atom is 0.317 e. The van der Waals surface area contributed by atoms with Crippen LogP contribution < -0.4 is 5.32 Å². The molecule has 0 fully saturated rings. The van der Waals surface area contributed by atoms with Crippen molar-refractivity contribution in [1.82, 2.24) is 10.2 Å². The molecule has 2 unspecified atom stereocenters. The van der Waals surface area contributed by atoms with Gasteiger partial charge in [0, 0.05) is 12.1 Å². The average molecular weight is 286 g/mol. The normalized spacial score (nSPS) is 14.3. The minimum absolute atomic E-state index is 0.0859. The minimum Gasteiger partial charge on any atom is -0.480 e. The van der Waals surface area contributed by atoms with Crippen LogP contribution in [0.25, 0.3) is 0 Å². The molecule has 0 aromatic carbocycles. The molecule has 0 saturated heterocycles. The second kappa shape index (κ2) is 9.75. The molecule has 5 heteroatoms. The van der Waals surface area contributed by atoms with Crippen LogP contribution in [0, 0.1) is 5.92 Å². The quantitative estimate of drug-likeness (QED) is 0.645. The van der Waals surface area contributed by atoms with Gasteiger partial charge in [0.2, 0.25) is 5.91 Å². The molecule has 0 aliphatic carbocycles. The van der Waals surface area contributed by atoms with E-state index in [4.69, 9.17) is 5.11 Å². The summed E-state index contributed by atoms with van der Waals surface area (Å²) in [5.41, 5.74) is 0. The van der Waals surface area contributed by atoms with Crippen LogP contribution in [-0.2, 0) is 9.59 Å². The number of nitrogens with zero attached hydrogens (tertiary/aromatic N) is 1. The highest BCUT2D eigenvalue weighted by molar-refractivity contribution is 5.79. The highest BCUT2D eigenvalue weighted by atomic mass is 16.4. The number of rotatable bonds is 10. The molecule has 0 spiro atoms. The molecule has 0 heterocycles. The van der Waals surface area contributed by atoms with Crippen LogP contribution in [0.3, 0.4) is 0 Å². The molecular formula is C15H30N2O3. The third-order valence-electron chi connectivity index (χ3n) is 3.48. The van der Waals surface area contributed by atoms with Crippen molar-refractivity contribution in [2.75, 3.05) is 13.1 Å². The van der Waals surface area contributed by atoms with E-state index in [1.54, 1.807) is 4.90 Å². The van der Waals surface area contributed by atoms with Crippen molar-refractivity contribution in [3.63, 3.8) is 0 Å². The molecule has 0 aromatic rings. The summed E-state index contributed by atoms with van der Waals surface area (Å²) in [7, 11) is 0. The number of nitrogens with one attached hydrogen (secondary N) is 1. The molecule has 2 N–H and O–H groups in total. The fourth-order valence-corrected chi connectivity index (χ4v) is 1.96. The van der Waals surface area contributed by atoms with E-state index in [1.807, 2.05) is 20.8 Å². The summed E-state index contributed by atoms with van der Waals surface area (Å²) >= 11 is 0. The Balaban J connectivity index is 4.27. The molecule has 0 bridgehead atoms. The van der Waals surface area contributed by atoms with Gasteiger partial charge >= 0.3 is 5.97 Å². The van der Waals surface area contributed by atoms with Gasteiger partial charge in [-0.3, -0.25) is 14.5 Å². The molecule has 0 rings (SSSR count). The lowest BCUT2D eigenvalue weighted by Gasteiger charge is -2.26. The van der Waals surface area contributed by atoms with Crippen LogP contribution in [0.5, 0.6) is 0 Å². The Morgan fingerprint density at radius 2 is 1.70 bits per heavy atom. The first-order valence-corrected chi connectivity index (χ1v) is 7.51. The monoisotopic (exact) mass is 286 g/mol. The summed E-state index contributed by atoms with van der Waals surface area (Å²) in [5.74, 6) is -0.369. The third kappa shape index (κ3) is 8.91. The number of carboxylic acids is 1. The Bertz CT molecular complexity index is 305. The zero-order valence-corrected chi connectivity index (χ0v) is 13.5. The minimum atomic E-state index is -0.897. The van der Waals surface area contributed by atoms with E-state index in [0.29, 0.717) is 5.92 Å². The van der Waals surface area contributed by atoms with Crippen LogP contribution in [0.1, 0.15) is 53.9 Å². The lowest BCUT2D eigenvalue weighted by molar-refractivity contribution is -0.139. The largest absolute Gasteiger partial charge is 0.480 e. The standard InChI is InChI=1S/C15H30N2O3/c1-6-13(5)17(10-15(19)20)9-14(18)16-12(4)8-7-11(2)3/h11-13H,6-10H2,1-5H3,(H,16,18)(H,19,20). The Labute approximate surface area is 122 Å². The summed E-state index contributed by atoms with van der Waals surface area (Å²) in [6.07, 6.45) is 2.85. The van der Waals surface area contributed by atoms with E-state index in [1.165, 1.54) is 0 Å². The van der Waals surface area contributed by atoms with Crippen LogP contribution in [0.15, 0.2) is 0 Å². The number of carbonyl (C=O) groups is 2. The molecular weight excluding hydrogens is 256 g/mol. The van der Waals surface area contributed by atoms with E-state index in [0.717, 1.165) is 19.3 Å². The summed E-state index contributed by atoms with van der Waals surface area (Å²) in [6.45, 7) is 10.3. The van der Waals surface area contributed by atoms with Gasteiger partial charge < -0.3 is 10.4 Å². The smallest absolute Gasteiger partial charge is 0.317 e. The van der Waals surface area contributed by atoms with Crippen LogP contribution in [0.4, 0.5) is 0 Å². The fraction of sp³-hybridized carbons (Fsp3) is 0.867. The van der Waals surface area contributed by atoms with Gasteiger partial charge in [0.25, 0.3) is 0 Å². The predicted octanol–water partition coefficient (Wildman–Crippen LogP) is 2.11. The van der Waals surface area contributed by atoms with Gasteiger partial charge in [-0.15, -0.1) is 0 Å². The number of hydrogen-bond donors (Lipinski definition) is 2.